The molecule has 0 unspecified atom stereocenters. The fourth-order valence-corrected chi connectivity index (χ4v) is 2.37. The van der Waals surface area contributed by atoms with E-state index in [1.807, 2.05) is 36.1 Å². The molecule has 4 rings (SSSR count). The first kappa shape index (κ1) is 13.4. The second-order valence-corrected chi connectivity index (χ2v) is 5.10. The minimum absolute atomic E-state index is 0.620. The molecular formula is C15H14N8. The molecule has 0 aliphatic heterocycles. The number of fused-ring (bicyclic) bond motifs is 1. The van der Waals surface area contributed by atoms with E-state index in [-0.39, 0.29) is 0 Å². The van der Waals surface area contributed by atoms with E-state index >= 15 is 0 Å². The number of nitrogens with zero attached hydrogens (tertiary/aromatic N) is 7. The second-order valence-electron chi connectivity index (χ2n) is 5.10. The van der Waals surface area contributed by atoms with Gasteiger partial charge in [-0.3, -0.25) is 14.3 Å². The fourth-order valence-electron chi connectivity index (χ4n) is 2.37. The Balaban J connectivity index is 1.57. The van der Waals surface area contributed by atoms with Crippen LogP contribution in [0.1, 0.15) is 5.69 Å². The van der Waals surface area contributed by atoms with Crippen LogP contribution in [0.15, 0.2) is 49.3 Å². The summed E-state index contributed by atoms with van der Waals surface area (Å²) in [5, 5.41) is 12.7. The summed E-state index contributed by atoms with van der Waals surface area (Å²) in [4.78, 5) is 12.8. The van der Waals surface area contributed by atoms with Crippen LogP contribution in [0.5, 0.6) is 0 Å². The number of pyridine rings is 1. The standard InChI is InChI=1S/C15H14N8/c1-22-15-13(7-19-22)14(17-10-18-15)21-12-6-20-23(9-12)8-11-4-2-3-5-16-11/h2-7,9-10H,8H2,1H3,(H,17,18,21). The van der Waals surface area contributed by atoms with Gasteiger partial charge in [0.2, 0.25) is 0 Å². The van der Waals surface area contributed by atoms with Crippen molar-refractivity contribution in [2.75, 3.05) is 5.32 Å². The van der Waals surface area contributed by atoms with Crippen molar-refractivity contribution in [3.63, 3.8) is 0 Å². The number of aryl methyl sites for hydroxylation is 1. The van der Waals surface area contributed by atoms with Crippen molar-refractivity contribution >= 4 is 22.5 Å². The molecule has 0 bridgehead atoms. The Morgan fingerprint density at radius 3 is 2.91 bits per heavy atom. The van der Waals surface area contributed by atoms with Gasteiger partial charge in [-0.1, -0.05) is 6.07 Å². The van der Waals surface area contributed by atoms with Crippen LogP contribution < -0.4 is 5.32 Å². The van der Waals surface area contributed by atoms with Crippen LogP contribution in [0, 0.1) is 0 Å². The lowest BCUT2D eigenvalue weighted by Crippen LogP contribution is -2.01. The maximum Gasteiger partial charge on any atom is 0.163 e. The first-order valence-electron chi connectivity index (χ1n) is 7.12. The summed E-state index contributed by atoms with van der Waals surface area (Å²) in [6, 6.07) is 5.83. The molecule has 0 spiro atoms. The summed E-state index contributed by atoms with van der Waals surface area (Å²) >= 11 is 0. The Morgan fingerprint density at radius 2 is 2.04 bits per heavy atom. The monoisotopic (exact) mass is 306 g/mol. The zero-order valence-corrected chi connectivity index (χ0v) is 12.5. The quantitative estimate of drug-likeness (QED) is 0.618. The van der Waals surface area contributed by atoms with Crippen LogP contribution in [0.2, 0.25) is 0 Å². The number of rotatable bonds is 4. The molecule has 0 fully saturated rings. The van der Waals surface area contributed by atoms with E-state index < -0.39 is 0 Å². The Labute approximate surface area is 131 Å². The maximum atomic E-state index is 4.34. The lowest BCUT2D eigenvalue weighted by atomic mass is 10.3. The Bertz CT molecular complexity index is 940. The molecular weight excluding hydrogens is 292 g/mol. The largest absolute Gasteiger partial charge is 0.337 e. The fraction of sp³-hybridized carbons (Fsp3) is 0.133. The predicted molar refractivity (Wildman–Crippen MR) is 85.2 cm³/mol. The summed E-state index contributed by atoms with van der Waals surface area (Å²) in [6.07, 6.45) is 8.71. The van der Waals surface area contributed by atoms with E-state index in [1.165, 1.54) is 6.33 Å². The van der Waals surface area contributed by atoms with Gasteiger partial charge in [0, 0.05) is 19.4 Å². The van der Waals surface area contributed by atoms with Gasteiger partial charge in [0.1, 0.15) is 12.1 Å². The van der Waals surface area contributed by atoms with Gasteiger partial charge in [-0.25, -0.2) is 9.97 Å². The van der Waals surface area contributed by atoms with Crippen molar-refractivity contribution in [1.82, 2.24) is 34.5 Å². The highest BCUT2D eigenvalue weighted by molar-refractivity contribution is 5.87. The van der Waals surface area contributed by atoms with E-state index in [2.05, 4.69) is 30.5 Å². The highest BCUT2D eigenvalue weighted by atomic mass is 15.3. The summed E-state index contributed by atoms with van der Waals surface area (Å²) in [5.41, 5.74) is 2.59. The summed E-state index contributed by atoms with van der Waals surface area (Å²) in [6.45, 7) is 0.620. The zero-order valence-electron chi connectivity index (χ0n) is 12.5. The summed E-state index contributed by atoms with van der Waals surface area (Å²) < 4.78 is 3.54. The van der Waals surface area contributed by atoms with Crippen molar-refractivity contribution < 1.29 is 0 Å². The van der Waals surface area contributed by atoms with Crippen LogP contribution in [-0.2, 0) is 13.6 Å². The molecule has 0 saturated heterocycles. The topological polar surface area (TPSA) is 86.3 Å². The van der Waals surface area contributed by atoms with Crippen molar-refractivity contribution in [2.45, 2.75) is 6.54 Å². The molecule has 8 nitrogen and oxygen atoms in total. The Morgan fingerprint density at radius 1 is 1.09 bits per heavy atom. The highest BCUT2D eigenvalue weighted by Crippen LogP contribution is 2.21. The molecule has 4 heterocycles. The Kier molecular flexibility index (Phi) is 3.19. The molecule has 0 saturated carbocycles. The zero-order chi connectivity index (χ0) is 15.6. The lowest BCUT2D eigenvalue weighted by molar-refractivity contribution is 0.673. The number of hydrogen-bond acceptors (Lipinski definition) is 6. The molecule has 0 aliphatic rings. The molecule has 4 aromatic heterocycles. The summed E-state index contributed by atoms with van der Waals surface area (Å²) in [7, 11) is 1.85. The molecule has 0 aliphatic carbocycles. The van der Waals surface area contributed by atoms with Gasteiger partial charge in [-0.05, 0) is 12.1 Å². The summed E-state index contributed by atoms with van der Waals surface area (Å²) in [5.74, 6) is 0.709. The van der Waals surface area contributed by atoms with Gasteiger partial charge in [0.05, 0.1) is 35.7 Å². The van der Waals surface area contributed by atoms with Gasteiger partial charge in [0.25, 0.3) is 0 Å². The van der Waals surface area contributed by atoms with E-state index in [0.29, 0.717) is 12.4 Å². The molecule has 0 atom stereocenters. The number of aromatic nitrogens is 7. The molecule has 8 heteroatoms. The van der Waals surface area contributed by atoms with Gasteiger partial charge >= 0.3 is 0 Å². The normalized spacial score (nSPS) is 11.0. The van der Waals surface area contributed by atoms with E-state index in [1.54, 1.807) is 23.3 Å². The van der Waals surface area contributed by atoms with Gasteiger partial charge in [-0.2, -0.15) is 10.2 Å². The third kappa shape index (κ3) is 2.61. The van der Waals surface area contributed by atoms with Crippen LogP contribution in [-0.4, -0.2) is 34.5 Å². The molecule has 4 aromatic rings. The van der Waals surface area contributed by atoms with Gasteiger partial charge in [0.15, 0.2) is 5.65 Å². The third-order valence-electron chi connectivity index (χ3n) is 3.48. The van der Waals surface area contributed by atoms with Crippen molar-refractivity contribution in [1.29, 1.82) is 0 Å². The molecule has 0 radical (unpaired) electrons. The Hall–Kier alpha value is -3.29. The first-order chi connectivity index (χ1) is 11.3. The lowest BCUT2D eigenvalue weighted by Gasteiger charge is -2.03. The third-order valence-corrected chi connectivity index (χ3v) is 3.48. The van der Waals surface area contributed by atoms with E-state index in [0.717, 1.165) is 22.4 Å². The van der Waals surface area contributed by atoms with Crippen LogP contribution in [0.4, 0.5) is 11.5 Å². The average molecular weight is 306 g/mol. The van der Waals surface area contributed by atoms with Crippen LogP contribution in [0.25, 0.3) is 11.0 Å². The molecule has 1 N–H and O–H groups in total. The van der Waals surface area contributed by atoms with Gasteiger partial charge < -0.3 is 5.32 Å². The molecule has 0 aromatic carbocycles. The van der Waals surface area contributed by atoms with E-state index in [9.17, 15) is 0 Å². The molecule has 23 heavy (non-hydrogen) atoms. The maximum absolute atomic E-state index is 4.34. The van der Waals surface area contributed by atoms with Crippen molar-refractivity contribution in [2.24, 2.45) is 7.05 Å². The number of anilines is 2. The van der Waals surface area contributed by atoms with Crippen LogP contribution in [0.3, 0.4) is 0 Å². The van der Waals surface area contributed by atoms with Crippen molar-refractivity contribution in [3.8, 4) is 0 Å². The minimum Gasteiger partial charge on any atom is -0.337 e. The number of nitrogens with one attached hydrogen (secondary N) is 1. The highest BCUT2D eigenvalue weighted by Gasteiger charge is 2.09. The molecule has 114 valence electrons. The van der Waals surface area contributed by atoms with Gasteiger partial charge in [-0.15, -0.1) is 0 Å². The van der Waals surface area contributed by atoms with Crippen LogP contribution >= 0.6 is 0 Å². The second kappa shape index (κ2) is 5.48. The average Bonchev–Trinajstić information content (AvgIpc) is 3.16. The van der Waals surface area contributed by atoms with E-state index in [4.69, 9.17) is 0 Å². The van der Waals surface area contributed by atoms with Crippen molar-refractivity contribution in [3.05, 3.63) is 55.0 Å². The predicted octanol–water partition coefficient (Wildman–Crippen LogP) is 1.75. The SMILES string of the molecule is Cn1ncc2c(Nc3cnn(Cc4ccccn4)c3)ncnc21. The number of hydrogen-bond donors (Lipinski definition) is 1. The molecule has 0 amide bonds. The minimum atomic E-state index is 0.620. The first-order valence-corrected chi connectivity index (χ1v) is 7.12. The smallest absolute Gasteiger partial charge is 0.163 e.